The Balaban J connectivity index is 2.11. The molecule has 1 N–H and O–H groups in total. The Morgan fingerprint density at radius 3 is 2.82 bits per heavy atom. The van der Waals surface area contributed by atoms with Gasteiger partial charge in [-0.15, -0.1) is 12.3 Å². The molecule has 1 rings (SSSR count). The lowest BCUT2D eigenvalue weighted by Crippen LogP contribution is -1.98. The monoisotopic (exact) mass is 231 g/mol. The fraction of sp³-hybridized carbons (Fsp3) is 0.467. The van der Waals surface area contributed by atoms with Crippen LogP contribution in [0.3, 0.4) is 0 Å². The molecule has 0 fully saturated rings. The predicted octanol–water partition coefficient (Wildman–Crippen LogP) is 3.69. The molecule has 0 aliphatic heterocycles. The summed E-state index contributed by atoms with van der Waals surface area (Å²) in [5.74, 6) is 3.59. The van der Waals surface area contributed by atoms with Gasteiger partial charge in [0.1, 0.15) is 5.75 Å². The maximum absolute atomic E-state index is 5.67. The summed E-state index contributed by atoms with van der Waals surface area (Å²) in [4.78, 5) is 0. The Kier molecular flexibility index (Phi) is 6.74. The van der Waals surface area contributed by atoms with Gasteiger partial charge < -0.3 is 10.1 Å². The van der Waals surface area contributed by atoms with Crippen LogP contribution in [0.5, 0.6) is 5.75 Å². The summed E-state index contributed by atoms with van der Waals surface area (Å²) < 4.78 is 5.67. The van der Waals surface area contributed by atoms with Gasteiger partial charge in [0.15, 0.2) is 0 Å². The molecule has 0 aliphatic carbocycles. The zero-order valence-corrected chi connectivity index (χ0v) is 10.5. The molecule has 0 spiro atoms. The van der Waals surface area contributed by atoms with Crippen LogP contribution in [-0.4, -0.2) is 13.7 Å². The summed E-state index contributed by atoms with van der Waals surface area (Å²) in [7, 11) is 1.91. The summed E-state index contributed by atoms with van der Waals surface area (Å²) >= 11 is 0. The molecule has 17 heavy (non-hydrogen) atoms. The van der Waals surface area contributed by atoms with Gasteiger partial charge in [-0.2, -0.15) is 0 Å². The van der Waals surface area contributed by atoms with Crippen molar-refractivity contribution in [2.75, 3.05) is 19.0 Å². The second kappa shape index (κ2) is 8.52. The Morgan fingerprint density at radius 1 is 1.24 bits per heavy atom. The van der Waals surface area contributed by atoms with Crippen LogP contribution in [0.2, 0.25) is 0 Å². The highest BCUT2D eigenvalue weighted by molar-refractivity contribution is 5.47. The molecule has 0 aliphatic rings. The third-order valence-electron chi connectivity index (χ3n) is 2.61. The van der Waals surface area contributed by atoms with Gasteiger partial charge in [-0.25, -0.2) is 0 Å². The van der Waals surface area contributed by atoms with E-state index in [1.54, 1.807) is 0 Å². The zero-order valence-electron chi connectivity index (χ0n) is 10.5. The number of benzene rings is 1. The molecule has 1 aromatic carbocycles. The number of rotatable bonds is 8. The van der Waals surface area contributed by atoms with E-state index in [0.717, 1.165) is 37.3 Å². The first-order valence-corrected chi connectivity index (χ1v) is 6.21. The van der Waals surface area contributed by atoms with E-state index in [4.69, 9.17) is 11.2 Å². The van der Waals surface area contributed by atoms with Gasteiger partial charge in [0.2, 0.25) is 0 Å². The Labute approximate surface area is 104 Å². The molecule has 0 amide bonds. The SMILES string of the molecule is C#CCCCCCCOc1cccc(NC)c1. The molecule has 0 heterocycles. The molecule has 0 radical (unpaired) electrons. The number of nitrogens with one attached hydrogen (secondary N) is 1. The van der Waals surface area contributed by atoms with Crippen molar-refractivity contribution in [3.8, 4) is 18.1 Å². The Morgan fingerprint density at radius 2 is 2.06 bits per heavy atom. The Hall–Kier alpha value is -1.62. The second-order valence-corrected chi connectivity index (χ2v) is 3.99. The molecule has 0 bridgehead atoms. The van der Waals surface area contributed by atoms with Crippen molar-refractivity contribution in [1.82, 2.24) is 0 Å². The predicted molar refractivity (Wildman–Crippen MR) is 73.4 cm³/mol. The van der Waals surface area contributed by atoms with Crippen molar-refractivity contribution in [3.05, 3.63) is 24.3 Å². The summed E-state index contributed by atoms with van der Waals surface area (Å²) in [6, 6.07) is 8.01. The average Bonchev–Trinajstić information content (AvgIpc) is 2.38. The second-order valence-electron chi connectivity index (χ2n) is 3.99. The number of terminal acetylenes is 1. The van der Waals surface area contributed by atoms with Crippen LogP contribution >= 0.6 is 0 Å². The molecule has 0 aromatic heterocycles. The quantitative estimate of drug-likeness (QED) is 0.544. The molecule has 0 saturated heterocycles. The minimum Gasteiger partial charge on any atom is -0.494 e. The van der Waals surface area contributed by atoms with E-state index in [1.165, 1.54) is 12.8 Å². The summed E-state index contributed by atoms with van der Waals surface area (Å²) in [6.07, 6.45) is 10.7. The van der Waals surface area contributed by atoms with Gasteiger partial charge in [0, 0.05) is 25.2 Å². The lowest BCUT2D eigenvalue weighted by Gasteiger charge is -2.07. The number of ether oxygens (including phenoxy) is 1. The van der Waals surface area contributed by atoms with Crippen LogP contribution in [0, 0.1) is 12.3 Å². The van der Waals surface area contributed by atoms with Gasteiger partial charge in [0.25, 0.3) is 0 Å². The summed E-state index contributed by atoms with van der Waals surface area (Å²) in [6.45, 7) is 0.781. The first kappa shape index (κ1) is 13.4. The molecular formula is C15H21NO. The topological polar surface area (TPSA) is 21.3 Å². The van der Waals surface area contributed by atoms with Crippen molar-refractivity contribution >= 4 is 5.69 Å². The largest absolute Gasteiger partial charge is 0.494 e. The van der Waals surface area contributed by atoms with E-state index in [-0.39, 0.29) is 0 Å². The van der Waals surface area contributed by atoms with Crippen molar-refractivity contribution in [3.63, 3.8) is 0 Å². The lowest BCUT2D eigenvalue weighted by atomic mass is 10.1. The fourth-order valence-corrected chi connectivity index (χ4v) is 1.61. The average molecular weight is 231 g/mol. The lowest BCUT2D eigenvalue weighted by molar-refractivity contribution is 0.305. The highest BCUT2D eigenvalue weighted by Gasteiger charge is 1.95. The number of hydrogen-bond acceptors (Lipinski definition) is 2. The van der Waals surface area contributed by atoms with Gasteiger partial charge >= 0.3 is 0 Å². The molecule has 0 saturated carbocycles. The molecule has 0 unspecified atom stereocenters. The van der Waals surface area contributed by atoms with E-state index < -0.39 is 0 Å². The first-order chi connectivity index (χ1) is 8.36. The smallest absolute Gasteiger partial charge is 0.121 e. The van der Waals surface area contributed by atoms with Gasteiger partial charge in [0.05, 0.1) is 6.61 Å². The van der Waals surface area contributed by atoms with Gasteiger partial charge in [-0.1, -0.05) is 18.9 Å². The third-order valence-corrected chi connectivity index (χ3v) is 2.61. The van der Waals surface area contributed by atoms with Crippen molar-refractivity contribution in [2.24, 2.45) is 0 Å². The summed E-state index contributed by atoms with van der Waals surface area (Å²) in [5.41, 5.74) is 1.08. The first-order valence-electron chi connectivity index (χ1n) is 6.21. The van der Waals surface area contributed by atoms with E-state index in [2.05, 4.69) is 11.2 Å². The van der Waals surface area contributed by atoms with Crippen LogP contribution in [0.25, 0.3) is 0 Å². The van der Waals surface area contributed by atoms with E-state index in [9.17, 15) is 0 Å². The number of anilines is 1. The van der Waals surface area contributed by atoms with Crippen molar-refractivity contribution < 1.29 is 4.74 Å². The van der Waals surface area contributed by atoms with Gasteiger partial charge in [-0.3, -0.25) is 0 Å². The maximum atomic E-state index is 5.67. The van der Waals surface area contributed by atoms with Crippen LogP contribution in [0.15, 0.2) is 24.3 Å². The highest BCUT2D eigenvalue weighted by atomic mass is 16.5. The normalized spacial score (nSPS) is 9.65. The van der Waals surface area contributed by atoms with Crippen molar-refractivity contribution in [2.45, 2.75) is 32.1 Å². The van der Waals surface area contributed by atoms with Crippen LogP contribution in [0.4, 0.5) is 5.69 Å². The molecule has 92 valence electrons. The number of unbranched alkanes of at least 4 members (excludes halogenated alkanes) is 4. The van der Waals surface area contributed by atoms with E-state index in [1.807, 2.05) is 31.3 Å². The summed E-state index contributed by atoms with van der Waals surface area (Å²) in [5, 5.41) is 3.09. The molecule has 1 aromatic rings. The minimum absolute atomic E-state index is 0.781. The van der Waals surface area contributed by atoms with Gasteiger partial charge in [-0.05, 0) is 25.0 Å². The highest BCUT2D eigenvalue weighted by Crippen LogP contribution is 2.17. The molecule has 2 nitrogen and oxygen atoms in total. The molecular weight excluding hydrogens is 210 g/mol. The van der Waals surface area contributed by atoms with E-state index in [0.29, 0.717) is 0 Å². The molecule has 0 atom stereocenters. The maximum Gasteiger partial charge on any atom is 0.121 e. The van der Waals surface area contributed by atoms with Crippen LogP contribution < -0.4 is 10.1 Å². The van der Waals surface area contributed by atoms with Crippen molar-refractivity contribution in [1.29, 1.82) is 0 Å². The van der Waals surface area contributed by atoms with E-state index >= 15 is 0 Å². The van der Waals surface area contributed by atoms with Crippen LogP contribution in [-0.2, 0) is 0 Å². The standard InChI is InChI=1S/C15H21NO/c1-3-4-5-6-7-8-12-17-15-11-9-10-14(13-15)16-2/h1,9-11,13,16H,4-8,12H2,2H3. The fourth-order valence-electron chi connectivity index (χ4n) is 1.61. The minimum atomic E-state index is 0.781. The molecule has 2 heteroatoms. The third kappa shape index (κ3) is 5.87. The zero-order chi connectivity index (χ0) is 12.3. The number of hydrogen-bond donors (Lipinski definition) is 1. The Bertz CT molecular complexity index is 354. The van der Waals surface area contributed by atoms with Crippen LogP contribution in [0.1, 0.15) is 32.1 Å².